The smallest absolute Gasteiger partial charge is 0.333 e. The molecule has 1 atom stereocenters. The number of piperazine rings is 1. The van der Waals surface area contributed by atoms with Crippen LogP contribution in [0.1, 0.15) is 6.92 Å². The zero-order chi connectivity index (χ0) is 13.1. The molecule has 0 radical (unpaired) electrons. The largest absolute Gasteiger partial charge is 0.660 e. The predicted molar refractivity (Wildman–Crippen MR) is 65.6 cm³/mol. The molecule has 1 aliphatic heterocycles. The van der Waals surface area contributed by atoms with Gasteiger partial charge in [-0.15, -0.1) is 17.4 Å². The fourth-order valence-corrected chi connectivity index (χ4v) is 1.86. The van der Waals surface area contributed by atoms with Crippen LogP contribution in [0.25, 0.3) is 5.73 Å². The van der Waals surface area contributed by atoms with Crippen molar-refractivity contribution >= 4 is 24.3 Å². The van der Waals surface area contributed by atoms with Gasteiger partial charge in [-0.1, -0.05) is 0 Å². The van der Waals surface area contributed by atoms with Crippen LogP contribution in [0.4, 0.5) is 5.88 Å². The molecule has 10 heteroatoms. The van der Waals surface area contributed by atoms with Gasteiger partial charge in [-0.05, 0) is 6.92 Å². The maximum Gasteiger partial charge on any atom is 0.333 e. The van der Waals surface area contributed by atoms with E-state index >= 15 is 0 Å². The molecular formula is C9H16ClN5O4. The molecule has 2 heterocycles. The van der Waals surface area contributed by atoms with Gasteiger partial charge in [0.25, 0.3) is 6.20 Å². The van der Waals surface area contributed by atoms with Crippen molar-refractivity contribution in [1.29, 1.82) is 0 Å². The number of carbonyl (C=O) groups is 1. The lowest BCUT2D eigenvalue weighted by molar-refractivity contribution is -0.762. The zero-order valence-electron chi connectivity index (χ0n) is 10.4. The van der Waals surface area contributed by atoms with E-state index in [1.807, 2.05) is 6.92 Å². The van der Waals surface area contributed by atoms with Crippen LogP contribution in [0, 0.1) is 0 Å². The number of nitrogens with zero attached hydrogens (tertiary/aromatic N) is 4. The molecular weight excluding hydrogens is 278 g/mol. The fourth-order valence-electron chi connectivity index (χ4n) is 1.86. The summed E-state index contributed by atoms with van der Waals surface area (Å²) in [7, 11) is 0. The monoisotopic (exact) mass is 293 g/mol. The van der Waals surface area contributed by atoms with Crippen molar-refractivity contribution in [3.8, 4) is 0 Å². The van der Waals surface area contributed by atoms with E-state index in [9.17, 15) is 9.90 Å². The number of hydrogen-bond donors (Lipinski definition) is 1. The summed E-state index contributed by atoms with van der Waals surface area (Å²) in [5, 5.41) is 16.0. The van der Waals surface area contributed by atoms with Gasteiger partial charge in [-0.2, -0.15) is 5.06 Å². The van der Waals surface area contributed by atoms with Crippen LogP contribution in [-0.2, 0) is 9.63 Å². The molecule has 108 valence electrons. The van der Waals surface area contributed by atoms with Gasteiger partial charge in [0.05, 0.1) is 24.5 Å². The highest BCUT2D eigenvalue weighted by Crippen LogP contribution is 2.08. The molecule has 0 spiro atoms. The third-order valence-corrected chi connectivity index (χ3v) is 2.63. The second-order valence-corrected chi connectivity index (χ2v) is 3.81. The Labute approximate surface area is 115 Å². The molecule has 1 aromatic heterocycles. The molecule has 9 nitrogen and oxygen atoms in total. The molecule has 19 heavy (non-hydrogen) atoms. The second-order valence-electron chi connectivity index (χ2n) is 3.81. The first-order valence-corrected chi connectivity index (χ1v) is 5.59. The first kappa shape index (κ1) is 15.5. The topological polar surface area (TPSA) is 107 Å². The minimum absolute atomic E-state index is 0. The molecule has 0 amide bonds. The van der Waals surface area contributed by atoms with Crippen molar-refractivity contribution in [2.24, 2.45) is 0 Å². The number of aromatic nitrogens is 2. The minimum Gasteiger partial charge on any atom is -0.660 e. The number of rotatable bonds is 4. The van der Waals surface area contributed by atoms with Gasteiger partial charge in [0.15, 0.2) is 6.04 Å². The number of hydroxylamine groups is 2. The van der Waals surface area contributed by atoms with Crippen LogP contribution in [-0.4, -0.2) is 53.7 Å². The minimum atomic E-state index is -0.971. The van der Waals surface area contributed by atoms with Gasteiger partial charge >= 0.3 is 5.97 Å². The molecule has 2 N–H and O–H groups in total. The highest BCUT2D eigenvalue weighted by molar-refractivity contribution is 5.85. The number of nitrogens with one attached hydrogen (secondary N) is 1. The average Bonchev–Trinajstić information content (AvgIpc) is 2.76. The molecule has 1 aromatic rings. The average molecular weight is 294 g/mol. The van der Waals surface area contributed by atoms with Crippen LogP contribution >= 0.6 is 12.4 Å². The maximum absolute atomic E-state index is 11.3. The Balaban J connectivity index is 0.00000180. The van der Waals surface area contributed by atoms with Crippen LogP contribution in [0.15, 0.2) is 10.7 Å². The summed E-state index contributed by atoms with van der Waals surface area (Å²) in [5.41, 5.74) is 7.25. The van der Waals surface area contributed by atoms with Gasteiger partial charge in [-0.25, -0.2) is 4.79 Å². The van der Waals surface area contributed by atoms with E-state index in [1.165, 1.54) is 16.0 Å². The number of carboxylic acid groups (broad SMARTS) is 1. The highest BCUT2D eigenvalue weighted by Gasteiger charge is 2.39. The lowest BCUT2D eigenvalue weighted by Crippen LogP contribution is -2.71. The normalized spacial score (nSPS) is 20.1. The van der Waals surface area contributed by atoms with Crippen molar-refractivity contribution in [2.75, 3.05) is 31.3 Å². The van der Waals surface area contributed by atoms with Gasteiger partial charge in [0.1, 0.15) is 5.88 Å². The maximum atomic E-state index is 11.3. The van der Waals surface area contributed by atoms with E-state index in [2.05, 4.69) is 9.79 Å². The summed E-state index contributed by atoms with van der Waals surface area (Å²) in [6.45, 7) is 3.57. The zero-order valence-corrected chi connectivity index (χ0v) is 11.2. The standard InChI is InChI=1S/C9H15N5O4.ClH/c1-2-17-12-3-4-13(7(5-12)9(15)16)14-6-8(10)18-11-14;/h6-7H,2-5H2,1H3,(H2-,10,11,15,16);1H. The van der Waals surface area contributed by atoms with E-state index in [0.29, 0.717) is 19.7 Å². The van der Waals surface area contributed by atoms with E-state index in [1.54, 1.807) is 5.06 Å². The van der Waals surface area contributed by atoms with Crippen LogP contribution in [0.5, 0.6) is 0 Å². The number of hydrogen-bond acceptors (Lipinski definition) is 6. The Hall–Kier alpha value is -1.58. The van der Waals surface area contributed by atoms with Crippen molar-refractivity contribution in [3.63, 3.8) is 0 Å². The molecule has 0 bridgehead atoms. The summed E-state index contributed by atoms with van der Waals surface area (Å²) >= 11 is 0. The van der Waals surface area contributed by atoms with E-state index < -0.39 is 12.0 Å². The summed E-state index contributed by atoms with van der Waals surface area (Å²) in [5.74, 6) is -1.09. The molecule has 0 aromatic carbocycles. The van der Waals surface area contributed by atoms with Gasteiger partial charge in [0, 0.05) is 6.54 Å². The summed E-state index contributed by atoms with van der Waals surface area (Å²) in [6.07, 6.45) is 1.33. The Morgan fingerprint density at radius 2 is 2.47 bits per heavy atom. The van der Waals surface area contributed by atoms with Gasteiger partial charge < -0.3 is 15.4 Å². The van der Waals surface area contributed by atoms with E-state index in [0.717, 1.165) is 0 Å². The van der Waals surface area contributed by atoms with Gasteiger partial charge in [0.2, 0.25) is 5.27 Å². The third-order valence-electron chi connectivity index (χ3n) is 2.63. The van der Waals surface area contributed by atoms with E-state index in [-0.39, 0.29) is 24.8 Å². The number of aliphatic carboxylic acids is 1. The lowest BCUT2D eigenvalue weighted by Gasteiger charge is -2.33. The molecule has 1 saturated heterocycles. The third kappa shape index (κ3) is 3.46. The molecule has 0 aliphatic carbocycles. The molecule has 2 rings (SSSR count). The van der Waals surface area contributed by atoms with E-state index in [4.69, 9.17) is 10.6 Å². The second kappa shape index (κ2) is 6.55. The Morgan fingerprint density at radius 1 is 1.74 bits per heavy atom. The molecule has 1 fully saturated rings. The van der Waals surface area contributed by atoms with Crippen LogP contribution < -0.4 is 9.80 Å². The van der Waals surface area contributed by atoms with Crippen LogP contribution in [0.2, 0.25) is 0 Å². The summed E-state index contributed by atoms with van der Waals surface area (Å²) < 4.78 is 4.62. The molecule has 1 aliphatic rings. The predicted octanol–water partition coefficient (Wildman–Crippen LogP) is -0.274. The van der Waals surface area contributed by atoms with Crippen molar-refractivity contribution in [1.82, 2.24) is 10.3 Å². The SMILES string of the molecule is CCON1CCN([n+]2cc([NH-])on2)C(C(=O)O)C1.Cl. The Morgan fingerprint density at radius 3 is 3.00 bits per heavy atom. The first-order valence-electron chi connectivity index (χ1n) is 5.59. The lowest BCUT2D eigenvalue weighted by atomic mass is 10.2. The van der Waals surface area contributed by atoms with Crippen molar-refractivity contribution < 1.29 is 24.1 Å². The molecule has 0 saturated carbocycles. The number of carboxylic acids is 1. The molecule has 1 unspecified atom stereocenters. The van der Waals surface area contributed by atoms with Crippen LogP contribution in [0.3, 0.4) is 0 Å². The Bertz CT molecular complexity index is 428. The summed E-state index contributed by atoms with van der Waals surface area (Å²) in [6, 6.07) is -0.792. The number of halogens is 1. The van der Waals surface area contributed by atoms with Crippen molar-refractivity contribution in [3.05, 3.63) is 11.9 Å². The summed E-state index contributed by atoms with van der Waals surface area (Å²) in [4.78, 5) is 17.8. The van der Waals surface area contributed by atoms with Crippen molar-refractivity contribution in [2.45, 2.75) is 13.0 Å². The van der Waals surface area contributed by atoms with Gasteiger partial charge in [-0.3, -0.25) is 4.84 Å². The quantitative estimate of drug-likeness (QED) is 0.761. The highest BCUT2D eigenvalue weighted by atomic mass is 35.5. The fraction of sp³-hybridized carbons (Fsp3) is 0.667. The Kier molecular flexibility index (Phi) is 5.33. The first-order chi connectivity index (χ1) is 8.61.